The molecule has 3 fully saturated rings. The second kappa shape index (κ2) is 14.4. The van der Waals surface area contributed by atoms with E-state index in [1.54, 1.807) is 57.9 Å². The molecule has 0 saturated carbocycles. The summed E-state index contributed by atoms with van der Waals surface area (Å²) in [5.74, 6) is -0.766. The topological polar surface area (TPSA) is 99.6 Å². The summed E-state index contributed by atoms with van der Waals surface area (Å²) >= 11 is 1.63. The molecule has 3 aliphatic heterocycles. The Morgan fingerprint density at radius 3 is 2.06 bits per heavy atom. The van der Waals surface area contributed by atoms with Crippen LogP contribution in [0.25, 0.3) is 0 Å². The van der Waals surface area contributed by atoms with Crippen molar-refractivity contribution in [3.63, 3.8) is 0 Å². The van der Waals surface area contributed by atoms with E-state index in [4.69, 9.17) is 9.47 Å². The van der Waals surface area contributed by atoms with Gasteiger partial charge in [-0.05, 0) is 81.1 Å². The van der Waals surface area contributed by atoms with Gasteiger partial charge < -0.3 is 29.3 Å². The van der Waals surface area contributed by atoms with Gasteiger partial charge in [0, 0.05) is 29.2 Å². The fourth-order valence-electron chi connectivity index (χ4n) is 8.06. The molecule has 1 N–H and O–H groups in total. The normalized spacial score (nSPS) is 26.8. The number of anilines is 2. The maximum atomic E-state index is 15.1. The molecule has 0 aromatic heterocycles. The average molecular weight is 676 g/mol. The molecule has 2 bridgehead atoms. The van der Waals surface area contributed by atoms with Crippen molar-refractivity contribution in [2.75, 3.05) is 43.2 Å². The van der Waals surface area contributed by atoms with E-state index in [1.807, 2.05) is 57.2 Å². The molecule has 2 aromatic carbocycles. The lowest BCUT2D eigenvalue weighted by Gasteiger charge is -2.41. The lowest BCUT2D eigenvalue weighted by atomic mass is 9.66. The Labute approximate surface area is 288 Å². The number of thioether (sulfide) groups is 1. The highest BCUT2D eigenvalue weighted by molar-refractivity contribution is 8.02. The van der Waals surface area contributed by atoms with Gasteiger partial charge in [0.1, 0.15) is 17.5 Å². The minimum Gasteiger partial charge on any atom is -0.497 e. The maximum absolute atomic E-state index is 15.1. The van der Waals surface area contributed by atoms with E-state index in [9.17, 15) is 14.7 Å². The van der Waals surface area contributed by atoms with Crippen LogP contribution in [-0.2, 0) is 14.4 Å². The highest BCUT2D eigenvalue weighted by Crippen LogP contribution is 2.72. The maximum Gasteiger partial charge on any atom is 0.251 e. The molecule has 0 radical (unpaired) electrons. The van der Waals surface area contributed by atoms with Crippen molar-refractivity contribution >= 4 is 40.9 Å². The minimum absolute atomic E-state index is 0.0774. The van der Waals surface area contributed by atoms with Crippen molar-refractivity contribution in [1.29, 1.82) is 0 Å². The number of amides is 3. The molecule has 2 aromatic rings. The lowest BCUT2D eigenvalue weighted by molar-refractivity contribution is -0.143. The first-order valence-electron chi connectivity index (χ1n) is 16.9. The van der Waals surface area contributed by atoms with E-state index in [1.165, 1.54) is 0 Å². The van der Waals surface area contributed by atoms with Gasteiger partial charge in [0.25, 0.3) is 5.91 Å². The van der Waals surface area contributed by atoms with Crippen LogP contribution in [0.4, 0.5) is 11.4 Å². The van der Waals surface area contributed by atoms with Crippen LogP contribution in [-0.4, -0.2) is 82.7 Å². The summed E-state index contributed by atoms with van der Waals surface area (Å²) in [7, 11) is 1.59. The first-order valence-corrected chi connectivity index (χ1v) is 17.7. The summed E-state index contributed by atoms with van der Waals surface area (Å²) in [5.41, 5.74) is 1.34. The summed E-state index contributed by atoms with van der Waals surface area (Å²) in [4.78, 5) is 49.9. The number of carbonyl (C=O) groups is 3. The molecule has 3 amide bonds. The third kappa shape index (κ3) is 5.91. The molecule has 2 unspecified atom stereocenters. The number of likely N-dealkylation sites (tertiary alicyclic amines) is 1. The Bertz CT molecular complexity index is 1520. The average Bonchev–Trinajstić information content (AvgIpc) is 3.67. The summed E-state index contributed by atoms with van der Waals surface area (Å²) in [5, 5.41) is 10.8. The van der Waals surface area contributed by atoms with Gasteiger partial charge >= 0.3 is 0 Å². The zero-order valence-corrected chi connectivity index (χ0v) is 29.6. The Morgan fingerprint density at radius 1 is 1.00 bits per heavy atom. The zero-order chi connectivity index (χ0) is 34.8. The molecule has 3 aliphatic rings. The number of fused-ring (bicyclic) bond motifs is 1. The predicted octanol–water partition coefficient (Wildman–Crippen LogP) is 5.72. The van der Waals surface area contributed by atoms with Crippen LogP contribution in [0.2, 0.25) is 0 Å². The van der Waals surface area contributed by atoms with Crippen LogP contribution < -0.4 is 19.3 Å². The minimum atomic E-state index is -0.883. The first kappa shape index (κ1) is 35.5. The zero-order valence-electron chi connectivity index (χ0n) is 28.8. The second-order valence-corrected chi connectivity index (χ2v) is 15.1. The smallest absolute Gasteiger partial charge is 0.251 e. The molecular formula is C38H49N3O6S. The highest BCUT2D eigenvalue weighted by Gasteiger charge is 2.78. The summed E-state index contributed by atoms with van der Waals surface area (Å²) < 4.78 is 9.56. The number of hydrogen-bond acceptors (Lipinski definition) is 7. The molecule has 0 aliphatic carbocycles. The largest absolute Gasteiger partial charge is 0.497 e. The van der Waals surface area contributed by atoms with Crippen molar-refractivity contribution in [2.24, 2.45) is 17.8 Å². The Balaban J connectivity index is 1.61. The fraction of sp³-hybridized carbons (Fsp3) is 0.500. The SMILES string of the molecule is C=CCN(C(=O)C1N([C@@H](CO)[C@@H](C)CC)C(=O)[C@@H]2[C@@H](C(=O)N(CC=C)c3ccc(OCC)cc3)[C@@]3(C)CCC12S3)c1ccc(OC)cc1. The summed E-state index contributed by atoms with van der Waals surface area (Å²) in [6, 6.07) is 13.2. The molecule has 7 atom stereocenters. The van der Waals surface area contributed by atoms with Crippen molar-refractivity contribution in [3.8, 4) is 11.5 Å². The molecular weight excluding hydrogens is 627 g/mol. The number of carbonyl (C=O) groups excluding carboxylic acids is 3. The van der Waals surface area contributed by atoms with Crippen molar-refractivity contribution in [2.45, 2.75) is 68.5 Å². The van der Waals surface area contributed by atoms with E-state index in [-0.39, 0.29) is 43.3 Å². The number of nitrogens with zero attached hydrogens (tertiary/aromatic N) is 3. The summed E-state index contributed by atoms with van der Waals surface area (Å²) in [6.45, 7) is 16.6. The lowest BCUT2D eigenvalue weighted by Crippen LogP contribution is -2.58. The molecule has 5 rings (SSSR count). The Kier molecular flexibility index (Phi) is 10.7. The Morgan fingerprint density at radius 2 is 1.56 bits per heavy atom. The van der Waals surface area contributed by atoms with Crippen molar-refractivity contribution in [1.82, 2.24) is 4.90 Å². The molecule has 3 heterocycles. The van der Waals surface area contributed by atoms with Crippen LogP contribution in [0.1, 0.15) is 47.0 Å². The predicted molar refractivity (Wildman–Crippen MR) is 192 cm³/mol. The highest BCUT2D eigenvalue weighted by atomic mass is 32.2. The molecule has 258 valence electrons. The van der Waals surface area contributed by atoms with E-state index >= 15 is 4.79 Å². The van der Waals surface area contributed by atoms with Gasteiger partial charge in [-0.1, -0.05) is 32.4 Å². The van der Waals surface area contributed by atoms with Gasteiger partial charge in [-0.2, -0.15) is 0 Å². The molecule has 10 heteroatoms. The molecule has 3 saturated heterocycles. The van der Waals surface area contributed by atoms with Crippen LogP contribution in [0.3, 0.4) is 0 Å². The van der Waals surface area contributed by atoms with Gasteiger partial charge in [-0.15, -0.1) is 24.9 Å². The molecule has 1 spiro atoms. The van der Waals surface area contributed by atoms with Crippen LogP contribution in [0, 0.1) is 17.8 Å². The third-order valence-corrected chi connectivity index (χ3v) is 12.5. The van der Waals surface area contributed by atoms with Crippen molar-refractivity contribution < 1.29 is 29.0 Å². The first-order chi connectivity index (χ1) is 23.0. The quantitative estimate of drug-likeness (QED) is 0.241. The van der Waals surface area contributed by atoms with Gasteiger partial charge in [-0.25, -0.2) is 0 Å². The van der Waals surface area contributed by atoms with E-state index < -0.39 is 33.4 Å². The number of methoxy groups -OCH3 is 1. The number of aliphatic hydroxyl groups is 1. The number of rotatable bonds is 15. The second-order valence-electron chi connectivity index (χ2n) is 13.2. The van der Waals surface area contributed by atoms with E-state index in [0.29, 0.717) is 48.7 Å². The number of aliphatic hydroxyl groups excluding tert-OH is 1. The number of benzene rings is 2. The monoisotopic (exact) mass is 675 g/mol. The van der Waals surface area contributed by atoms with Gasteiger partial charge in [0.05, 0.1) is 42.9 Å². The standard InChI is InChI=1S/C38H49N3O6S/c1-8-22-39(26-14-18-29(19-15-26)47-11-4)34(43)31-32-35(44)41(30(24-42)25(5)10-3)33(38(32)21-20-37(31,6)48-38)36(45)40(23-9-2)27-12-16-28(46-7)17-13-27/h8-9,12-19,25,30-33,42H,1-2,10-11,20-24H2,3-7H3/t25-,30-,31-,32-,33?,37+,38?/m0/s1. The number of ether oxygens (including phenoxy) is 2. The van der Waals surface area contributed by atoms with Gasteiger partial charge in [-0.3, -0.25) is 14.4 Å². The van der Waals surface area contributed by atoms with Crippen LogP contribution in [0.5, 0.6) is 11.5 Å². The van der Waals surface area contributed by atoms with E-state index in [0.717, 1.165) is 0 Å². The van der Waals surface area contributed by atoms with E-state index in [2.05, 4.69) is 20.1 Å². The Hall–Kier alpha value is -3.76. The molecule has 9 nitrogen and oxygen atoms in total. The van der Waals surface area contributed by atoms with Crippen LogP contribution >= 0.6 is 11.8 Å². The van der Waals surface area contributed by atoms with Gasteiger partial charge in [0.2, 0.25) is 11.8 Å². The summed E-state index contributed by atoms with van der Waals surface area (Å²) in [6.07, 6.45) is 5.36. The number of hydrogen-bond donors (Lipinski definition) is 1. The van der Waals surface area contributed by atoms with Crippen molar-refractivity contribution in [3.05, 3.63) is 73.8 Å². The van der Waals surface area contributed by atoms with Crippen LogP contribution in [0.15, 0.2) is 73.8 Å². The third-order valence-electron chi connectivity index (χ3n) is 10.6. The van der Waals surface area contributed by atoms with Gasteiger partial charge in [0.15, 0.2) is 0 Å². The fourth-order valence-corrected chi connectivity index (χ4v) is 10.4. The molecule has 48 heavy (non-hydrogen) atoms.